The van der Waals surface area contributed by atoms with Crippen molar-refractivity contribution >= 4 is 0 Å². The van der Waals surface area contributed by atoms with Gasteiger partial charge < -0.3 is 5.73 Å². The molecule has 15 heavy (non-hydrogen) atoms. The number of nitrogens with one attached hydrogen (secondary N) is 1. The van der Waals surface area contributed by atoms with Gasteiger partial charge in [0.15, 0.2) is 5.82 Å². The third-order valence-electron chi connectivity index (χ3n) is 2.24. The average molecular weight is 202 g/mol. The van der Waals surface area contributed by atoms with E-state index in [0.717, 1.165) is 12.2 Å². The van der Waals surface area contributed by atoms with Crippen LogP contribution in [0, 0.1) is 6.92 Å². The second-order valence-electron chi connectivity index (χ2n) is 3.58. The first-order valence-corrected chi connectivity index (χ1v) is 4.94. The Balaban J connectivity index is 2.07. The van der Waals surface area contributed by atoms with Crippen molar-refractivity contribution in [3.05, 3.63) is 47.5 Å². The normalized spacial score (nSPS) is 12.7. The summed E-state index contributed by atoms with van der Waals surface area (Å²) in [6.07, 6.45) is 0.762. The van der Waals surface area contributed by atoms with Crippen molar-refractivity contribution in [1.82, 2.24) is 15.2 Å². The maximum Gasteiger partial charge on any atom is 0.167 e. The number of hydrogen-bond acceptors (Lipinski definition) is 3. The van der Waals surface area contributed by atoms with Crippen LogP contribution < -0.4 is 5.73 Å². The molecule has 4 nitrogen and oxygen atoms in total. The van der Waals surface area contributed by atoms with Crippen molar-refractivity contribution < 1.29 is 0 Å². The van der Waals surface area contributed by atoms with Crippen LogP contribution in [0.1, 0.15) is 23.3 Å². The van der Waals surface area contributed by atoms with Gasteiger partial charge in [-0.2, -0.15) is 5.10 Å². The van der Waals surface area contributed by atoms with E-state index in [0.29, 0.717) is 5.82 Å². The lowest BCUT2D eigenvalue weighted by atomic mass is 10.1. The van der Waals surface area contributed by atoms with Crippen LogP contribution in [0.4, 0.5) is 0 Å². The topological polar surface area (TPSA) is 67.6 Å². The maximum atomic E-state index is 6.00. The lowest BCUT2D eigenvalue weighted by Gasteiger charge is -2.06. The van der Waals surface area contributed by atoms with E-state index in [2.05, 4.69) is 27.3 Å². The number of aryl methyl sites for hydroxylation is 1. The van der Waals surface area contributed by atoms with Gasteiger partial charge in [-0.15, -0.1) is 0 Å². The van der Waals surface area contributed by atoms with E-state index in [9.17, 15) is 0 Å². The Morgan fingerprint density at radius 3 is 2.67 bits per heavy atom. The van der Waals surface area contributed by atoms with Crippen molar-refractivity contribution in [1.29, 1.82) is 0 Å². The molecule has 78 valence electrons. The highest BCUT2D eigenvalue weighted by Crippen LogP contribution is 2.11. The van der Waals surface area contributed by atoms with Crippen LogP contribution in [-0.2, 0) is 6.42 Å². The molecule has 0 amide bonds. The number of hydrogen-bond donors (Lipinski definition) is 2. The molecule has 0 aliphatic carbocycles. The van der Waals surface area contributed by atoms with Gasteiger partial charge in [0.05, 0.1) is 6.04 Å². The number of H-pyrrole nitrogens is 1. The largest absolute Gasteiger partial charge is 0.321 e. The molecule has 1 atom stereocenters. The molecule has 0 aliphatic heterocycles. The van der Waals surface area contributed by atoms with Gasteiger partial charge in [0, 0.05) is 0 Å². The Morgan fingerprint density at radius 2 is 2.07 bits per heavy atom. The zero-order valence-electron chi connectivity index (χ0n) is 8.64. The van der Waals surface area contributed by atoms with Crippen molar-refractivity contribution in [2.45, 2.75) is 19.4 Å². The molecule has 4 heteroatoms. The summed E-state index contributed by atoms with van der Waals surface area (Å²) in [4.78, 5) is 4.22. The lowest BCUT2D eigenvalue weighted by molar-refractivity contribution is 0.671. The monoisotopic (exact) mass is 202 g/mol. The smallest absolute Gasteiger partial charge is 0.167 e. The lowest BCUT2D eigenvalue weighted by Crippen LogP contribution is -2.15. The summed E-state index contributed by atoms with van der Waals surface area (Å²) in [5.74, 6) is 1.48. The van der Waals surface area contributed by atoms with Crippen molar-refractivity contribution in [2.24, 2.45) is 5.73 Å². The fourth-order valence-electron chi connectivity index (χ4n) is 1.49. The van der Waals surface area contributed by atoms with E-state index < -0.39 is 0 Å². The zero-order chi connectivity index (χ0) is 10.7. The molecule has 1 heterocycles. The molecule has 3 N–H and O–H groups in total. The molecule has 0 fully saturated rings. The number of rotatable bonds is 3. The Morgan fingerprint density at radius 1 is 1.33 bits per heavy atom. The molecule has 0 bridgehead atoms. The van der Waals surface area contributed by atoms with Gasteiger partial charge in [-0.1, -0.05) is 30.3 Å². The first-order valence-electron chi connectivity index (χ1n) is 4.94. The van der Waals surface area contributed by atoms with E-state index in [4.69, 9.17) is 5.73 Å². The van der Waals surface area contributed by atoms with Crippen LogP contribution in [0.25, 0.3) is 0 Å². The van der Waals surface area contributed by atoms with Gasteiger partial charge in [-0.3, -0.25) is 5.10 Å². The Kier molecular flexibility index (Phi) is 2.78. The highest BCUT2D eigenvalue weighted by Gasteiger charge is 2.11. The standard InChI is InChI=1S/C11H14N4/c1-8-13-11(15-14-8)10(12)7-9-5-3-2-4-6-9/h2-6,10H,7,12H2,1H3,(H,13,14,15)/t10-/m0/s1. The minimum atomic E-state index is -0.141. The maximum absolute atomic E-state index is 6.00. The van der Waals surface area contributed by atoms with Gasteiger partial charge in [0.2, 0.25) is 0 Å². The molecule has 0 saturated carbocycles. The van der Waals surface area contributed by atoms with Gasteiger partial charge in [0.1, 0.15) is 5.82 Å². The first kappa shape index (κ1) is 9.86. The second-order valence-corrected chi connectivity index (χ2v) is 3.58. The first-order chi connectivity index (χ1) is 7.25. The van der Waals surface area contributed by atoms with Crippen LogP contribution in [0.3, 0.4) is 0 Å². The molecule has 0 unspecified atom stereocenters. The zero-order valence-corrected chi connectivity index (χ0v) is 8.64. The van der Waals surface area contributed by atoms with Crippen molar-refractivity contribution in [3.63, 3.8) is 0 Å². The van der Waals surface area contributed by atoms with Crippen LogP contribution in [0.2, 0.25) is 0 Å². The third-order valence-corrected chi connectivity index (χ3v) is 2.24. The minimum absolute atomic E-state index is 0.141. The molecule has 0 aliphatic rings. The van der Waals surface area contributed by atoms with Crippen LogP contribution in [-0.4, -0.2) is 15.2 Å². The fourth-order valence-corrected chi connectivity index (χ4v) is 1.49. The van der Waals surface area contributed by atoms with Crippen LogP contribution in [0.5, 0.6) is 0 Å². The Bertz CT molecular complexity index is 421. The summed E-state index contributed by atoms with van der Waals surface area (Å²) < 4.78 is 0. The summed E-state index contributed by atoms with van der Waals surface area (Å²) in [6.45, 7) is 1.87. The Labute approximate surface area is 88.5 Å². The summed E-state index contributed by atoms with van der Waals surface area (Å²) in [7, 11) is 0. The molecule has 0 saturated heterocycles. The number of aromatic amines is 1. The predicted molar refractivity (Wildman–Crippen MR) is 58.2 cm³/mol. The minimum Gasteiger partial charge on any atom is -0.321 e. The highest BCUT2D eigenvalue weighted by molar-refractivity contribution is 5.17. The number of nitrogens with two attached hydrogens (primary N) is 1. The molecular formula is C11H14N4. The van der Waals surface area contributed by atoms with Gasteiger partial charge in [-0.25, -0.2) is 4.98 Å². The van der Waals surface area contributed by atoms with Gasteiger partial charge in [-0.05, 0) is 18.9 Å². The SMILES string of the molecule is Cc1nc([C@@H](N)Cc2ccccc2)n[nH]1. The number of nitrogens with zero attached hydrogens (tertiary/aromatic N) is 2. The van der Waals surface area contributed by atoms with E-state index in [1.54, 1.807) is 0 Å². The molecule has 1 aromatic carbocycles. The second kappa shape index (κ2) is 4.23. The summed E-state index contributed by atoms with van der Waals surface area (Å²) in [5, 5.41) is 6.84. The summed E-state index contributed by atoms with van der Waals surface area (Å²) >= 11 is 0. The quantitative estimate of drug-likeness (QED) is 0.789. The molecule has 0 radical (unpaired) electrons. The van der Waals surface area contributed by atoms with Gasteiger partial charge in [0.25, 0.3) is 0 Å². The van der Waals surface area contributed by atoms with Crippen LogP contribution in [0.15, 0.2) is 30.3 Å². The molecule has 2 rings (SSSR count). The molecule has 1 aromatic heterocycles. The molecular weight excluding hydrogens is 188 g/mol. The molecule has 0 spiro atoms. The van der Waals surface area contributed by atoms with E-state index in [1.165, 1.54) is 5.56 Å². The van der Waals surface area contributed by atoms with Crippen LogP contribution >= 0.6 is 0 Å². The average Bonchev–Trinajstić information content (AvgIpc) is 2.66. The number of benzene rings is 1. The summed E-state index contributed by atoms with van der Waals surface area (Å²) in [5.41, 5.74) is 7.20. The number of aromatic nitrogens is 3. The molecule has 2 aromatic rings. The Hall–Kier alpha value is -1.68. The summed E-state index contributed by atoms with van der Waals surface area (Å²) in [6, 6.07) is 9.97. The fraction of sp³-hybridized carbons (Fsp3) is 0.273. The highest BCUT2D eigenvalue weighted by atomic mass is 15.2. The third kappa shape index (κ3) is 2.41. The van der Waals surface area contributed by atoms with E-state index >= 15 is 0 Å². The predicted octanol–water partition coefficient (Wildman–Crippen LogP) is 1.36. The van der Waals surface area contributed by atoms with E-state index in [-0.39, 0.29) is 6.04 Å². The van der Waals surface area contributed by atoms with E-state index in [1.807, 2.05) is 25.1 Å². The van der Waals surface area contributed by atoms with Gasteiger partial charge >= 0.3 is 0 Å². The van der Waals surface area contributed by atoms with Crippen molar-refractivity contribution in [3.8, 4) is 0 Å². The van der Waals surface area contributed by atoms with Crippen molar-refractivity contribution in [2.75, 3.05) is 0 Å².